The van der Waals surface area contributed by atoms with E-state index in [0.29, 0.717) is 5.56 Å². The Hall–Kier alpha value is -1.56. The average Bonchev–Trinajstić information content (AvgIpc) is 2.39. The van der Waals surface area contributed by atoms with Crippen LogP contribution in [0.25, 0.3) is 0 Å². The lowest BCUT2D eigenvalue weighted by molar-refractivity contribution is -0.384. The van der Waals surface area contributed by atoms with Crippen molar-refractivity contribution in [2.45, 2.75) is 20.3 Å². The highest BCUT2D eigenvalue weighted by atomic mass is 31.2. The van der Waals surface area contributed by atoms with Crippen LogP contribution in [0.4, 0.5) is 5.69 Å². The minimum Gasteiger partial charge on any atom is -0.303 e. The molecule has 0 heterocycles. The number of nitro benzene ring substituents is 1. The van der Waals surface area contributed by atoms with E-state index in [0.717, 1.165) is 0 Å². The first-order chi connectivity index (χ1) is 9.42. The molecule has 0 fully saturated rings. The van der Waals surface area contributed by atoms with Gasteiger partial charge in [-0.25, -0.2) is 0 Å². The van der Waals surface area contributed by atoms with Gasteiger partial charge in [-0.05, 0) is 19.4 Å². The highest BCUT2D eigenvalue weighted by molar-refractivity contribution is 7.71. The van der Waals surface area contributed by atoms with Gasteiger partial charge < -0.3 is 9.05 Å². The number of nitrogens with zero attached hydrogens (tertiary/aromatic N) is 1. The molecule has 0 saturated carbocycles. The highest BCUT2D eigenvalue weighted by Crippen LogP contribution is 2.49. The molecule has 0 unspecified atom stereocenters. The van der Waals surface area contributed by atoms with Gasteiger partial charge in [0.15, 0.2) is 0 Å². The van der Waals surface area contributed by atoms with Crippen molar-refractivity contribution in [1.82, 2.24) is 0 Å². The zero-order valence-electron chi connectivity index (χ0n) is 11.3. The van der Waals surface area contributed by atoms with Crippen molar-refractivity contribution >= 4 is 18.8 Å². The number of benzene rings is 1. The minimum atomic E-state index is -3.78. The largest absolute Gasteiger partial charge is 0.397 e. The molecule has 0 radical (unpaired) electrons. The van der Waals surface area contributed by atoms with Crippen molar-refractivity contribution in [1.29, 1.82) is 0 Å². The number of nitro groups is 1. The number of carbonyl (C=O) groups excluding carboxylic acids is 1. The Balaban J connectivity index is 2.82. The normalized spacial score (nSPS) is 11.3. The van der Waals surface area contributed by atoms with E-state index in [-0.39, 0.29) is 25.3 Å². The summed E-state index contributed by atoms with van der Waals surface area (Å²) < 4.78 is 22.1. The number of hydrogen-bond donors (Lipinski definition) is 0. The molecule has 0 aliphatic rings. The number of rotatable bonds is 8. The van der Waals surface area contributed by atoms with Crippen molar-refractivity contribution in [2.75, 3.05) is 13.2 Å². The Morgan fingerprint density at radius 2 is 1.70 bits per heavy atom. The Labute approximate surface area is 116 Å². The fourth-order valence-electron chi connectivity index (χ4n) is 1.53. The third kappa shape index (κ3) is 4.23. The molecular formula is C12H16NO6P. The van der Waals surface area contributed by atoms with Crippen LogP contribution in [0.1, 0.15) is 19.4 Å². The lowest BCUT2D eigenvalue weighted by Crippen LogP contribution is -2.09. The molecule has 0 spiro atoms. The van der Waals surface area contributed by atoms with Crippen molar-refractivity contribution in [3.8, 4) is 0 Å². The van der Waals surface area contributed by atoms with Crippen LogP contribution in [0.15, 0.2) is 24.3 Å². The predicted octanol–water partition coefficient (Wildman–Crippen LogP) is 2.93. The topological polar surface area (TPSA) is 95.7 Å². The third-order valence-corrected chi connectivity index (χ3v) is 4.37. The molecule has 0 bridgehead atoms. The van der Waals surface area contributed by atoms with Gasteiger partial charge in [0.05, 0.1) is 18.1 Å². The molecule has 8 heteroatoms. The minimum absolute atomic E-state index is 0.0704. The molecule has 1 aromatic carbocycles. The fraction of sp³-hybridized carbons (Fsp3) is 0.417. The molecule has 0 amide bonds. The standard InChI is InChI=1S/C12H16NO6P/c1-3-18-20(17,19-4-2)12(14)9-10-5-7-11(8-6-10)13(15)16/h5-8H,3-4,9H2,1-2H3. The van der Waals surface area contributed by atoms with Crippen LogP contribution in [0.5, 0.6) is 0 Å². The maximum atomic E-state index is 12.2. The van der Waals surface area contributed by atoms with E-state index in [9.17, 15) is 19.5 Å². The van der Waals surface area contributed by atoms with Crippen LogP contribution in [0.2, 0.25) is 0 Å². The number of non-ortho nitro benzene ring substituents is 1. The van der Waals surface area contributed by atoms with E-state index in [1.165, 1.54) is 24.3 Å². The maximum Gasteiger partial charge on any atom is 0.397 e. The van der Waals surface area contributed by atoms with E-state index < -0.39 is 18.0 Å². The first-order valence-electron chi connectivity index (χ1n) is 6.08. The van der Waals surface area contributed by atoms with E-state index in [1.54, 1.807) is 13.8 Å². The SMILES string of the molecule is CCOP(=O)(OCC)C(=O)Cc1ccc([N+](=O)[O-])cc1. The zero-order valence-corrected chi connectivity index (χ0v) is 12.2. The highest BCUT2D eigenvalue weighted by Gasteiger charge is 2.33. The maximum absolute atomic E-state index is 12.2. The molecule has 7 nitrogen and oxygen atoms in total. The molecule has 0 atom stereocenters. The molecule has 110 valence electrons. The van der Waals surface area contributed by atoms with Crippen molar-refractivity contribution in [3.05, 3.63) is 39.9 Å². The second-order valence-electron chi connectivity index (χ2n) is 3.83. The number of carbonyl (C=O) groups is 1. The summed E-state index contributed by atoms with van der Waals surface area (Å²) in [5.41, 5.74) is -0.214. The molecule has 0 aromatic heterocycles. The summed E-state index contributed by atoms with van der Waals surface area (Å²) in [6.45, 7) is 3.43. The summed E-state index contributed by atoms with van der Waals surface area (Å²) in [6, 6.07) is 5.46. The third-order valence-electron chi connectivity index (χ3n) is 2.41. The molecule has 0 aliphatic heterocycles. The van der Waals surface area contributed by atoms with Crippen LogP contribution in [-0.4, -0.2) is 23.7 Å². The predicted molar refractivity (Wildman–Crippen MR) is 72.7 cm³/mol. The first-order valence-corrected chi connectivity index (χ1v) is 7.63. The Morgan fingerprint density at radius 1 is 1.20 bits per heavy atom. The molecular weight excluding hydrogens is 285 g/mol. The summed E-state index contributed by atoms with van der Waals surface area (Å²) in [4.78, 5) is 22.0. The van der Waals surface area contributed by atoms with Gasteiger partial charge in [-0.15, -0.1) is 0 Å². The quantitative estimate of drug-likeness (QED) is 0.416. The fourth-order valence-corrected chi connectivity index (χ4v) is 2.95. The second-order valence-corrected chi connectivity index (χ2v) is 5.84. The number of hydrogen-bond acceptors (Lipinski definition) is 6. The molecule has 0 aliphatic carbocycles. The van der Waals surface area contributed by atoms with Crippen LogP contribution < -0.4 is 0 Å². The Kier molecular flexibility index (Phi) is 6.01. The van der Waals surface area contributed by atoms with E-state index in [2.05, 4.69) is 0 Å². The van der Waals surface area contributed by atoms with Gasteiger partial charge in [-0.1, -0.05) is 12.1 Å². The van der Waals surface area contributed by atoms with Crippen LogP contribution in [-0.2, 0) is 24.8 Å². The molecule has 0 saturated heterocycles. The summed E-state index contributed by atoms with van der Waals surface area (Å²) in [5, 5.41) is 10.5. The van der Waals surface area contributed by atoms with E-state index in [4.69, 9.17) is 9.05 Å². The van der Waals surface area contributed by atoms with Crippen molar-refractivity contribution in [2.24, 2.45) is 0 Å². The van der Waals surface area contributed by atoms with Gasteiger partial charge >= 0.3 is 7.60 Å². The van der Waals surface area contributed by atoms with E-state index >= 15 is 0 Å². The summed E-state index contributed by atoms with van der Waals surface area (Å²) >= 11 is 0. The van der Waals surface area contributed by atoms with Gasteiger partial charge in [0.1, 0.15) is 0 Å². The van der Waals surface area contributed by atoms with Gasteiger partial charge in [0, 0.05) is 18.6 Å². The monoisotopic (exact) mass is 301 g/mol. The molecule has 1 rings (SSSR count). The van der Waals surface area contributed by atoms with Gasteiger partial charge in [0.2, 0.25) is 5.52 Å². The molecule has 1 aromatic rings. The van der Waals surface area contributed by atoms with Gasteiger partial charge in [-0.3, -0.25) is 19.5 Å². The Bertz CT molecular complexity index is 517. The molecule has 0 N–H and O–H groups in total. The van der Waals surface area contributed by atoms with Crippen molar-refractivity contribution < 1.29 is 23.3 Å². The summed E-state index contributed by atoms with van der Waals surface area (Å²) in [6.07, 6.45) is -0.157. The van der Waals surface area contributed by atoms with Crippen molar-refractivity contribution in [3.63, 3.8) is 0 Å². The van der Waals surface area contributed by atoms with Gasteiger partial charge in [0.25, 0.3) is 5.69 Å². The van der Waals surface area contributed by atoms with Gasteiger partial charge in [-0.2, -0.15) is 0 Å². The second kappa shape index (κ2) is 7.28. The summed E-state index contributed by atoms with van der Waals surface area (Å²) in [5.74, 6) is 0. The first kappa shape index (κ1) is 16.5. The smallest absolute Gasteiger partial charge is 0.303 e. The van der Waals surface area contributed by atoms with E-state index in [1.807, 2.05) is 0 Å². The molecule has 20 heavy (non-hydrogen) atoms. The van der Waals surface area contributed by atoms with Crippen LogP contribution in [0, 0.1) is 10.1 Å². The lowest BCUT2D eigenvalue weighted by atomic mass is 10.1. The average molecular weight is 301 g/mol. The Morgan fingerprint density at radius 3 is 2.10 bits per heavy atom. The van der Waals surface area contributed by atoms with Crippen LogP contribution in [0.3, 0.4) is 0 Å². The lowest BCUT2D eigenvalue weighted by Gasteiger charge is -2.15. The van der Waals surface area contributed by atoms with Crippen LogP contribution >= 0.6 is 7.60 Å². The zero-order chi connectivity index (χ0) is 15.2. The summed E-state index contributed by atoms with van der Waals surface area (Å²) in [7, 11) is -3.78.